The number of sulfone groups is 1. The number of nitrogens with zero attached hydrogens (tertiary/aromatic N) is 4. The molecule has 1 aliphatic carbocycles. The van der Waals surface area contributed by atoms with E-state index in [-0.39, 0.29) is 11.5 Å². The van der Waals surface area contributed by atoms with E-state index in [1.54, 1.807) is 0 Å². The van der Waals surface area contributed by atoms with E-state index in [0.717, 1.165) is 35.2 Å². The Morgan fingerprint density at radius 3 is 2.52 bits per heavy atom. The quantitative estimate of drug-likeness (QED) is 0.834. The number of rotatable bonds is 4. The molecule has 2 aliphatic rings. The lowest BCUT2D eigenvalue weighted by Gasteiger charge is -2.29. The van der Waals surface area contributed by atoms with Crippen LogP contribution in [0.5, 0.6) is 0 Å². The van der Waals surface area contributed by atoms with Gasteiger partial charge in [0.05, 0.1) is 11.5 Å². The maximum Gasteiger partial charge on any atom is 0.192 e. The Hall–Kier alpha value is -1.74. The molecule has 1 N–H and O–H groups in total. The Balaban J connectivity index is 1.63. The molecule has 4 rings (SSSR count). The molecule has 2 aromatic rings. The van der Waals surface area contributed by atoms with Gasteiger partial charge in [0.25, 0.3) is 0 Å². The van der Waals surface area contributed by atoms with Crippen molar-refractivity contribution in [1.82, 2.24) is 15.0 Å². The van der Waals surface area contributed by atoms with Crippen LogP contribution in [0.4, 0.5) is 11.6 Å². The van der Waals surface area contributed by atoms with Gasteiger partial charge in [-0.1, -0.05) is 19.3 Å². The first-order valence-corrected chi connectivity index (χ1v) is 12.2. The summed E-state index contributed by atoms with van der Waals surface area (Å²) < 4.78 is 23.5. The third kappa shape index (κ3) is 4.57. The van der Waals surface area contributed by atoms with E-state index >= 15 is 0 Å². The molecule has 0 bridgehead atoms. The smallest absolute Gasteiger partial charge is 0.192 e. The minimum absolute atomic E-state index is 0.175. The number of aromatic nitrogens is 3. The highest BCUT2D eigenvalue weighted by Gasteiger charge is 2.24. The summed E-state index contributed by atoms with van der Waals surface area (Å²) in [7, 11) is -2.93. The first kappa shape index (κ1) is 18.6. The van der Waals surface area contributed by atoms with Crippen LogP contribution < -0.4 is 10.2 Å². The van der Waals surface area contributed by atoms with Gasteiger partial charge in [-0.3, -0.25) is 0 Å². The van der Waals surface area contributed by atoms with Crippen molar-refractivity contribution in [3.8, 4) is 10.8 Å². The van der Waals surface area contributed by atoms with Gasteiger partial charge in [-0.15, -0.1) is 11.3 Å². The summed E-state index contributed by atoms with van der Waals surface area (Å²) in [6.45, 7) is 2.90. The average Bonchev–Trinajstić information content (AvgIpc) is 3.09. The molecule has 7 nitrogen and oxygen atoms in total. The molecule has 1 saturated carbocycles. The van der Waals surface area contributed by atoms with Crippen molar-refractivity contribution in [2.24, 2.45) is 0 Å². The molecule has 2 fully saturated rings. The van der Waals surface area contributed by atoms with Gasteiger partial charge in [0.15, 0.2) is 20.7 Å². The van der Waals surface area contributed by atoms with Crippen LogP contribution in [0.3, 0.4) is 0 Å². The lowest BCUT2D eigenvalue weighted by atomic mass is 9.95. The topological polar surface area (TPSA) is 88.1 Å². The van der Waals surface area contributed by atoms with E-state index < -0.39 is 9.84 Å². The number of aryl methyl sites for hydroxylation is 1. The maximum atomic E-state index is 11.8. The van der Waals surface area contributed by atoms with Crippen molar-refractivity contribution in [3.05, 3.63) is 17.1 Å². The van der Waals surface area contributed by atoms with Crippen LogP contribution in [0.25, 0.3) is 10.8 Å². The molecular formula is C18H25N5O2S2. The summed E-state index contributed by atoms with van der Waals surface area (Å²) in [5.74, 6) is 2.55. The number of nitrogens with one attached hydrogen (secondary N) is 1. The van der Waals surface area contributed by atoms with Crippen LogP contribution in [0.2, 0.25) is 0 Å². The van der Waals surface area contributed by atoms with Gasteiger partial charge in [-0.05, 0) is 19.8 Å². The van der Waals surface area contributed by atoms with E-state index in [2.05, 4.69) is 10.3 Å². The second kappa shape index (κ2) is 7.71. The average molecular weight is 408 g/mol. The van der Waals surface area contributed by atoms with Crippen molar-refractivity contribution >= 4 is 32.8 Å². The third-order valence-corrected chi connectivity index (χ3v) is 7.71. The van der Waals surface area contributed by atoms with E-state index in [1.807, 2.05) is 23.3 Å². The molecule has 0 amide bonds. The fourth-order valence-corrected chi connectivity index (χ4v) is 5.55. The summed E-state index contributed by atoms with van der Waals surface area (Å²) in [5, 5.41) is 6.36. The lowest BCUT2D eigenvalue weighted by Crippen LogP contribution is -2.40. The summed E-state index contributed by atoms with van der Waals surface area (Å²) >= 11 is 1.53. The minimum Gasteiger partial charge on any atom is -0.367 e. The van der Waals surface area contributed by atoms with Crippen molar-refractivity contribution in [3.63, 3.8) is 0 Å². The normalized spacial score (nSPS) is 20.6. The Labute approximate surface area is 164 Å². The summed E-state index contributed by atoms with van der Waals surface area (Å²) in [6, 6.07) is 2.39. The molecule has 1 saturated heterocycles. The zero-order valence-electron chi connectivity index (χ0n) is 15.5. The summed E-state index contributed by atoms with van der Waals surface area (Å²) in [6.07, 6.45) is 6.12. The number of hydrogen-bond donors (Lipinski definition) is 1. The summed E-state index contributed by atoms with van der Waals surface area (Å²) in [4.78, 5) is 16.0. The minimum atomic E-state index is -2.93. The molecule has 9 heteroatoms. The highest BCUT2D eigenvalue weighted by atomic mass is 32.2. The van der Waals surface area contributed by atoms with Crippen molar-refractivity contribution < 1.29 is 8.42 Å². The molecule has 1 aliphatic heterocycles. The van der Waals surface area contributed by atoms with Crippen LogP contribution in [-0.4, -0.2) is 54.0 Å². The largest absolute Gasteiger partial charge is 0.367 e. The highest BCUT2D eigenvalue weighted by Crippen LogP contribution is 2.28. The second-order valence-corrected chi connectivity index (χ2v) is 10.5. The molecule has 0 aromatic carbocycles. The Morgan fingerprint density at radius 2 is 1.85 bits per heavy atom. The van der Waals surface area contributed by atoms with Crippen LogP contribution in [-0.2, 0) is 9.84 Å². The Morgan fingerprint density at radius 1 is 1.11 bits per heavy atom. The highest BCUT2D eigenvalue weighted by molar-refractivity contribution is 7.91. The molecule has 0 unspecified atom stereocenters. The van der Waals surface area contributed by atoms with Crippen LogP contribution in [0.1, 0.15) is 37.8 Å². The van der Waals surface area contributed by atoms with E-state index in [0.29, 0.717) is 25.0 Å². The number of thiazole rings is 1. The van der Waals surface area contributed by atoms with Crippen LogP contribution >= 0.6 is 11.3 Å². The maximum absolute atomic E-state index is 11.8. The monoisotopic (exact) mass is 407 g/mol. The van der Waals surface area contributed by atoms with Crippen LogP contribution in [0.15, 0.2) is 11.4 Å². The molecule has 0 radical (unpaired) electrons. The molecule has 3 heterocycles. The molecule has 2 aromatic heterocycles. The first-order valence-electron chi connectivity index (χ1n) is 9.52. The van der Waals surface area contributed by atoms with Crippen molar-refractivity contribution in [2.45, 2.75) is 45.1 Å². The number of hydrogen-bond acceptors (Lipinski definition) is 8. The van der Waals surface area contributed by atoms with Crippen molar-refractivity contribution in [2.75, 3.05) is 34.8 Å². The van der Waals surface area contributed by atoms with Gasteiger partial charge in [0.2, 0.25) is 0 Å². The fraction of sp³-hybridized carbons (Fsp3) is 0.611. The molecule has 0 atom stereocenters. The lowest BCUT2D eigenvalue weighted by molar-refractivity contribution is 0.462. The zero-order chi connectivity index (χ0) is 18.9. The first-order chi connectivity index (χ1) is 13.0. The van der Waals surface area contributed by atoms with E-state index in [9.17, 15) is 8.42 Å². The zero-order valence-corrected chi connectivity index (χ0v) is 17.2. The van der Waals surface area contributed by atoms with Gasteiger partial charge in [0.1, 0.15) is 11.6 Å². The molecule has 27 heavy (non-hydrogen) atoms. The van der Waals surface area contributed by atoms with Gasteiger partial charge in [-0.2, -0.15) is 0 Å². The number of anilines is 2. The Bertz CT molecular complexity index is 892. The SMILES string of the molecule is Cc1csc(-c2nc(NC3CCCCC3)cc(N3CCS(=O)(=O)CC3)n2)n1. The van der Waals surface area contributed by atoms with E-state index in [1.165, 1.54) is 30.6 Å². The van der Waals surface area contributed by atoms with Crippen LogP contribution in [0, 0.1) is 6.92 Å². The standard InChI is InChI=1S/C18H25N5O2S2/c1-13-12-26-18(19-13)17-21-15(20-14-5-3-2-4-6-14)11-16(22-17)23-7-9-27(24,25)10-8-23/h11-12,14H,2-10H2,1H3,(H,20,21,22). The third-order valence-electron chi connectivity index (χ3n) is 5.15. The predicted molar refractivity (Wildman–Crippen MR) is 109 cm³/mol. The van der Waals surface area contributed by atoms with Gasteiger partial charge >= 0.3 is 0 Å². The summed E-state index contributed by atoms with van der Waals surface area (Å²) in [5.41, 5.74) is 0.954. The van der Waals surface area contributed by atoms with Gasteiger partial charge in [-0.25, -0.2) is 23.4 Å². The van der Waals surface area contributed by atoms with Gasteiger partial charge < -0.3 is 10.2 Å². The molecule has 0 spiro atoms. The molecule has 146 valence electrons. The fourth-order valence-electron chi connectivity index (χ4n) is 3.62. The van der Waals surface area contributed by atoms with Crippen molar-refractivity contribution in [1.29, 1.82) is 0 Å². The van der Waals surface area contributed by atoms with E-state index in [4.69, 9.17) is 9.97 Å². The second-order valence-electron chi connectivity index (χ2n) is 7.35. The van der Waals surface area contributed by atoms with Gasteiger partial charge in [0, 0.05) is 36.3 Å². The predicted octanol–water partition coefficient (Wildman–Crippen LogP) is 2.89. The molecular weight excluding hydrogens is 382 g/mol. The Kier molecular flexibility index (Phi) is 5.32.